The van der Waals surface area contributed by atoms with E-state index in [1.54, 1.807) is 32.3 Å². The number of carbonyl (C=O) groups is 1. The number of carbonyl (C=O) groups excluding carboxylic acids is 1. The first-order valence-corrected chi connectivity index (χ1v) is 10.1. The summed E-state index contributed by atoms with van der Waals surface area (Å²) in [5, 5.41) is 6.23. The van der Waals surface area contributed by atoms with Crippen LogP contribution in [0.3, 0.4) is 0 Å². The maximum absolute atomic E-state index is 12.8. The van der Waals surface area contributed by atoms with Gasteiger partial charge in [-0.15, -0.1) is 24.0 Å². The van der Waals surface area contributed by atoms with Crippen molar-refractivity contribution in [1.82, 2.24) is 15.5 Å². The summed E-state index contributed by atoms with van der Waals surface area (Å²) in [7, 11) is 3.40. The molecule has 2 N–H and O–H groups in total. The number of benzene rings is 2. The summed E-state index contributed by atoms with van der Waals surface area (Å²) in [6, 6.07) is 10.2. The number of fused-ring (bicyclic) bond motifs is 1. The van der Waals surface area contributed by atoms with Crippen molar-refractivity contribution in [2.75, 3.05) is 27.4 Å². The quantitative estimate of drug-likeness (QED) is 0.284. The van der Waals surface area contributed by atoms with Crippen molar-refractivity contribution in [2.45, 2.75) is 26.6 Å². The highest BCUT2D eigenvalue weighted by atomic mass is 127. The minimum atomic E-state index is -2.96. The lowest BCUT2D eigenvalue weighted by molar-refractivity contribution is -0.0505. The maximum Gasteiger partial charge on any atom is 0.387 e. The van der Waals surface area contributed by atoms with Gasteiger partial charge >= 0.3 is 6.61 Å². The number of nitrogens with zero attached hydrogens (tertiary/aromatic N) is 2. The van der Waals surface area contributed by atoms with Gasteiger partial charge in [0.15, 0.2) is 17.5 Å². The van der Waals surface area contributed by atoms with Crippen molar-refractivity contribution in [3.8, 4) is 17.2 Å². The van der Waals surface area contributed by atoms with Gasteiger partial charge in [0.05, 0.1) is 6.54 Å². The molecule has 180 valence electrons. The SMILES string of the molecule is CCNC(=NCc1ccc(C(=O)N(C)C)cc1)NCc1cc2c(cc1OC(F)F)OCO2.I. The number of ether oxygens (including phenoxy) is 3. The fourth-order valence-electron chi connectivity index (χ4n) is 3.01. The van der Waals surface area contributed by atoms with E-state index in [9.17, 15) is 13.6 Å². The predicted molar refractivity (Wildman–Crippen MR) is 131 cm³/mol. The molecule has 11 heteroatoms. The summed E-state index contributed by atoms with van der Waals surface area (Å²) in [6.45, 7) is 0.157. The summed E-state index contributed by atoms with van der Waals surface area (Å²) in [6.07, 6.45) is 0. The molecule has 8 nitrogen and oxygen atoms in total. The molecule has 33 heavy (non-hydrogen) atoms. The average Bonchev–Trinajstić information content (AvgIpc) is 3.22. The Kier molecular flexibility index (Phi) is 9.95. The van der Waals surface area contributed by atoms with Gasteiger partial charge in [-0.3, -0.25) is 4.79 Å². The van der Waals surface area contributed by atoms with Gasteiger partial charge in [-0.05, 0) is 30.7 Å². The van der Waals surface area contributed by atoms with Crippen LogP contribution in [-0.4, -0.2) is 50.8 Å². The Bertz CT molecular complexity index is 972. The van der Waals surface area contributed by atoms with Crippen LogP contribution in [0, 0.1) is 0 Å². The van der Waals surface area contributed by atoms with Crippen LogP contribution in [0.5, 0.6) is 17.2 Å². The smallest absolute Gasteiger partial charge is 0.387 e. The molecule has 3 rings (SSSR count). The Hall–Kier alpha value is -2.83. The molecule has 0 saturated carbocycles. The fraction of sp³-hybridized carbons (Fsp3) is 0.364. The van der Waals surface area contributed by atoms with E-state index in [0.717, 1.165) is 5.56 Å². The van der Waals surface area contributed by atoms with Gasteiger partial charge in [-0.25, -0.2) is 4.99 Å². The highest BCUT2D eigenvalue weighted by Crippen LogP contribution is 2.38. The molecule has 0 unspecified atom stereocenters. The molecular weight excluding hydrogens is 549 g/mol. The Morgan fingerprint density at radius 1 is 1.15 bits per heavy atom. The highest BCUT2D eigenvalue weighted by molar-refractivity contribution is 14.0. The monoisotopic (exact) mass is 576 g/mol. The zero-order chi connectivity index (χ0) is 23.1. The van der Waals surface area contributed by atoms with E-state index in [4.69, 9.17) is 9.47 Å². The van der Waals surface area contributed by atoms with E-state index >= 15 is 0 Å². The first-order valence-electron chi connectivity index (χ1n) is 10.1. The number of halogens is 3. The lowest BCUT2D eigenvalue weighted by Gasteiger charge is -2.15. The predicted octanol–water partition coefficient (Wildman–Crippen LogP) is 3.59. The second-order valence-electron chi connectivity index (χ2n) is 7.14. The lowest BCUT2D eigenvalue weighted by Crippen LogP contribution is -2.36. The molecule has 0 bridgehead atoms. The van der Waals surface area contributed by atoms with Gasteiger partial charge in [0.1, 0.15) is 5.75 Å². The molecule has 0 atom stereocenters. The molecule has 0 aliphatic carbocycles. The van der Waals surface area contributed by atoms with Gasteiger partial charge in [-0.1, -0.05) is 12.1 Å². The Labute approximate surface area is 208 Å². The largest absolute Gasteiger partial charge is 0.454 e. The van der Waals surface area contributed by atoms with Crippen molar-refractivity contribution < 1.29 is 27.8 Å². The van der Waals surface area contributed by atoms with Crippen LogP contribution in [0.4, 0.5) is 8.78 Å². The molecule has 0 saturated heterocycles. The molecule has 1 heterocycles. The third kappa shape index (κ3) is 7.34. The van der Waals surface area contributed by atoms with Gasteiger partial charge in [0.2, 0.25) is 6.79 Å². The van der Waals surface area contributed by atoms with Crippen LogP contribution in [0.2, 0.25) is 0 Å². The normalized spacial score (nSPS) is 12.2. The minimum Gasteiger partial charge on any atom is -0.454 e. The van der Waals surface area contributed by atoms with E-state index in [0.29, 0.717) is 41.7 Å². The van der Waals surface area contributed by atoms with Crippen LogP contribution >= 0.6 is 24.0 Å². The van der Waals surface area contributed by atoms with Crippen molar-refractivity contribution >= 4 is 35.8 Å². The van der Waals surface area contributed by atoms with Crippen LogP contribution in [0.25, 0.3) is 0 Å². The molecule has 0 spiro atoms. The Morgan fingerprint density at radius 2 is 1.82 bits per heavy atom. The van der Waals surface area contributed by atoms with Crippen LogP contribution in [0.1, 0.15) is 28.4 Å². The second kappa shape index (κ2) is 12.4. The molecule has 1 aliphatic rings. The van der Waals surface area contributed by atoms with Crippen LogP contribution in [-0.2, 0) is 13.1 Å². The van der Waals surface area contributed by atoms with Gasteiger partial charge in [0.25, 0.3) is 5.91 Å². The molecule has 2 aromatic rings. The first kappa shape index (κ1) is 26.4. The number of nitrogens with one attached hydrogen (secondary N) is 2. The minimum absolute atomic E-state index is 0. The second-order valence-corrected chi connectivity index (χ2v) is 7.14. The maximum atomic E-state index is 12.8. The van der Waals surface area contributed by atoms with E-state index in [1.165, 1.54) is 11.0 Å². The summed E-state index contributed by atoms with van der Waals surface area (Å²) in [5.74, 6) is 1.27. The van der Waals surface area contributed by atoms with Gasteiger partial charge in [-0.2, -0.15) is 8.78 Å². The molecule has 0 radical (unpaired) electrons. The average molecular weight is 576 g/mol. The number of alkyl halides is 2. The third-order valence-electron chi connectivity index (χ3n) is 4.59. The highest BCUT2D eigenvalue weighted by Gasteiger charge is 2.20. The summed E-state index contributed by atoms with van der Waals surface area (Å²) < 4.78 is 40.9. The van der Waals surface area contributed by atoms with E-state index in [-0.39, 0.29) is 49.0 Å². The summed E-state index contributed by atoms with van der Waals surface area (Å²) >= 11 is 0. The van der Waals surface area contributed by atoms with E-state index < -0.39 is 6.61 Å². The number of amides is 1. The number of rotatable bonds is 8. The molecule has 2 aromatic carbocycles. The van der Waals surface area contributed by atoms with Crippen molar-refractivity contribution in [3.05, 3.63) is 53.1 Å². The zero-order valence-electron chi connectivity index (χ0n) is 18.6. The fourth-order valence-corrected chi connectivity index (χ4v) is 3.01. The Morgan fingerprint density at radius 3 is 2.42 bits per heavy atom. The van der Waals surface area contributed by atoms with Crippen molar-refractivity contribution in [1.29, 1.82) is 0 Å². The summed E-state index contributed by atoms with van der Waals surface area (Å²) in [5.41, 5.74) is 2.00. The molecule has 0 aromatic heterocycles. The van der Waals surface area contributed by atoms with Gasteiger partial charge in [0, 0.05) is 44.4 Å². The van der Waals surface area contributed by atoms with Gasteiger partial charge < -0.3 is 29.7 Å². The molecular formula is C22H27F2IN4O4. The van der Waals surface area contributed by atoms with Crippen molar-refractivity contribution in [3.63, 3.8) is 0 Å². The number of aliphatic imine (C=N–C) groups is 1. The third-order valence-corrected chi connectivity index (χ3v) is 4.59. The summed E-state index contributed by atoms with van der Waals surface area (Å²) in [4.78, 5) is 18.0. The van der Waals surface area contributed by atoms with Crippen molar-refractivity contribution in [2.24, 2.45) is 4.99 Å². The molecule has 0 fully saturated rings. The Balaban J connectivity index is 0.00000385. The standard InChI is InChI=1S/C22H26F2N4O4.HI/c1-4-25-22(26-11-14-5-7-15(8-6-14)20(29)28(2)3)27-12-16-9-18-19(31-13-30-18)10-17(16)32-21(23)24;/h5-10,21H,4,11-13H2,1-3H3,(H2,25,26,27);1H. The first-order chi connectivity index (χ1) is 15.4. The van der Waals surface area contributed by atoms with Crippen LogP contribution in [0.15, 0.2) is 41.4 Å². The van der Waals surface area contributed by atoms with E-state index in [2.05, 4.69) is 20.4 Å². The lowest BCUT2D eigenvalue weighted by atomic mass is 10.1. The topological polar surface area (TPSA) is 84.4 Å². The van der Waals surface area contributed by atoms with Crippen LogP contribution < -0.4 is 24.8 Å². The van der Waals surface area contributed by atoms with E-state index in [1.807, 2.05) is 19.1 Å². The zero-order valence-corrected chi connectivity index (χ0v) is 20.9. The number of guanidine groups is 1. The number of hydrogen-bond donors (Lipinski definition) is 2. The molecule has 1 amide bonds. The number of hydrogen-bond acceptors (Lipinski definition) is 5. The molecule has 1 aliphatic heterocycles.